The van der Waals surface area contributed by atoms with Crippen molar-refractivity contribution in [2.24, 2.45) is 7.05 Å². The molecule has 5 rings (SSSR count). The molecule has 1 amide bonds. The van der Waals surface area contributed by atoms with Crippen LogP contribution in [-0.2, 0) is 32.2 Å². The molecule has 3 aromatic rings. The Balaban J connectivity index is 1.42. The average molecular weight is 438 g/mol. The van der Waals surface area contributed by atoms with Gasteiger partial charge in [-0.05, 0) is 36.6 Å². The van der Waals surface area contributed by atoms with Crippen LogP contribution in [-0.4, -0.2) is 41.8 Å². The molecule has 3 heterocycles. The number of halogens is 1. The molecule has 32 heavy (non-hydrogen) atoms. The number of fused-ring (bicyclic) bond motifs is 2. The van der Waals surface area contributed by atoms with Gasteiger partial charge in [0.2, 0.25) is 5.75 Å². The molecule has 1 aliphatic heterocycles. The summed E-state index contributed by atoms with van der Waals surface area (Å²) in [5.41, 5.74) is 0.286. The van der Waals surface area contributed by atoms with Crippen LogP contribution in [0.15, 0.2) is 41.3 Å². The van der Waals surface area contributed by atoms with Crippen LogP contribution < -0.4 is 10.9 Å². The summed E-state index contributed by atoms with van der Waals surface area (Å²) >= 11 is 0. The monoisotopic (exact) mass is 438 g/mol. The third-order valence-electron chi connectivity index (χ3n) is 6.19. The Bertz CT molecular complexity index is 1250. The van der Waals surface area contributed by atoms with Crippen molar-refractivity contribution < 1.29 is 14.3 Å². The molecular weight excluding hydrogens is 415 g/mol. The summed E-state index contributed by atoms with van der Waals surface area (Å²) in [6, 6.07) is 7.67. The minimum Gasteiger partial charge on any atom is -0.501 e. The maximum Gasteiger partial charge on any atom is 0.296 e. The number of aromatic nitrogens is 4. The van der Waals surface area contributed by atoms with Gasteiger partial charge in [-0.3, -0.25) is 23.7 Å². The molecule has 0 radical (unpaired) electrons. The third-order valence-corrected chi connectivity index (χ3v) is 6.19. The Morgan fingerprint density at radius 2 is 1.97 bits per heavy atom. The number of carbonyl (C=O) groups excluding carboxylic acids is 1. The second kappa shape index (κ2) is 7.56. The molecule has 0 atom stereocenters. The summed E-state index contributed by atoms with van der Waals surface area (Å²) in [7, 11) is 1.86. The molecule has 166 valence electrons. The third kappa shape index (κ3) is 3.46. The van der Waals surface area contributed by atoms with Gasteiger partial charge in [0.25, 0.3) is 11.5 Å². The average Bonchev–Trinajstić information content (AvgIpc) is 3.46. The molecule has 0 unspecified atom stereocenters. The maximum atomic E-state index is 13.1. The van der Waals surface area contributed by atoms with Crippen LogP contribution in [0.25, 0.3) is 0 Å². The fourth-order valence-corrected chi connectivity index (χ4v) is 4.34. The molecule has 9 nitrogen and oxygen atoms in total. The van der Waals surface area contributed by atoms with Gasteiger partial charge >= 0.3 is 0 Å². The van der Waals surface area contributed by atoms with E-state index < -0.39 is 22.8 Å². The first kappa shape index (κ1) is 20.4. The summed E-state index contributed by atoms with van der Waals surface area (Å²) < 4.78 is 16.3. The van der Waals surface area contributed by atoms with Gasteiger partial charge in [0.15, 0.2) is 5.69 Å². The van der Waals surface area contributed by atoms with Gasteiger partial charge in [0.05, 0.1) is 11.2 Å². The summed E-state index contributed by atoms with van der Waals surface area (Å²) in [5, 5.41) is 17.5. The zero-order valence-electron chi connectivity index (χ0n) is 17.6. The van der Waals surface area contributed by atoms with Crippen LogP contribution >= 0.6 is 0 Å². The second-order valence-corrected chi connectivity index (χ2v) is 8.33. The number of rotatable bonds is 5. The molecule has 2 N–H and O–H groups in total. The Kier molecular flexibility index (Phi) is 4.81. The summed E-state index contributed by atoms with van der Waals surface area (Å²) in [6.07, 6.45) is 3.51. The van der Waals surface area contributed by atoms with E-state index in [1.54, 1.807) is 16.8 Å². The highest BCUT2D eigenvalue weighted by Crippen LogP contribution is 2.52. The van der Waals surface area contributed by atoms with E-state index in [1.807, 2.05) is 19.3 Å². The summed E-state index contributed by atoms with van der Waals surface area (Å²) in [5.74, 6) is -1.16. The van der Waals surface area contributed by atoms with Crippen molar-refractivity contribution >= 4 is 5.91 Å². The van der Waals surface area contributed by atoms with Crippen LogP contribution in [0.2, 0.25) is 0 Å². The first-order valence-corrected chi connectivity index (χ1v) is 10.5. The molecule has 0 saturated heterocycles. The van der Waals surface area contributed by atoms with E-state index in [1.165, 1.54) is 16.7 Å². The van der Waals surface area contributed by atoms with Crippen LogP contribution in [0.3, 0.4) is 0 Å². The standard InChI is InChI=1S/C22H23FN6O3/c1-27-9-6-16(26-27)13-28-10-11-29-20(32)18(30)17(25-21(29)22(28)7-8-22)19(31)24-12-14-2-4-15(23)5-3-14/h2-6,9,30H,7-8,10-13H2,1H3,(H,24,31). The fourth-order valence-electron chi connectivity index (χ4n) is 4.34. The first-order valence-electron chi connectivity index (χ1n) is 10.5. The largest absolute Gasteiger partial charge is 0.501 e. The SMILES string of the molecule is Cn1ccc(CN2CCn3c(nc(C(=O)NCc4ccc(F)cc4)c(O)c3=O)C23CC3)n1. The number of nitrogens with zero attached hydrogens (tertiary/aromatic N) is 5. The molecule has 0 bridgehead atoms. The molecule has 10 heteroatoms. The molecule has 1 aliphatic carbocycles. The predicted molar refractivity (Wildman–Crippen MR) is 112 cm³/mol. The van der Waals surface area contributed by atoms with E-state index in [0.29, 0.717) is 31.0 Å². The second-order valence-electron chi connectivity index (χ2n) is 8.33. The highest BCUT2D eigenvalue weighted by atomic mass is 19.1. The lowest BCUT2D eigenvalue weighted by Gasteiger charge is -2.37. The van der Waals surface area contributed by atoms with Gasteiger partial charge in [-0.25, -0.2) is 9.37 Å². The topological polar surface area (TPSA) is 105 Å². The molecule has 1 saturated carbocycles. The van der Waals surface area contributed by atoms with Crippen LogP contribution in [0, 0.1) is 5.82 Å². The van der Waals surface area contributed by atoms with Crippen molar-refractivity contribution in [1.82, 2.24) is 29.5 Å². The van der Waals surface area contributed by atoms with Gasteiger partial charge in [-0.15, -0.1) is 0 Å². The first-order chi connectivity index (χ1) is 15.4. The Morgan fingerprint density at radius 3 is 2.62 bits per heavy atom. The zero-order chi connectivity index (χ0) is 22.5. The van der Waals surface area contributed by atoms with E-state index in [9.17, 15) is 19.1 Å². The van der Waals surface area contributed by atoms with Crippen LogP contribution in [0.4, 0.5) is 4.39 Å². The lowest BCUT2D eigenvalue weighted by molar-refractivity contribution is 0.0930. The predicted octanol–water partition coefficient (Wildman–Crippen LogP) is 1.26. The summed E-state index contributed by atoms with van der Waals surface area (Å²) in [4.78, 5) is 32.4. The van der Waals surface area contributed by atoms with Crippen LogP contribution in [0.1, 0.15) is 40.4 Å². The number of carbonyl (C=O) groups is 1. The fraction of sp³-hybridized carbons (Fsp3) is 0.364. The lowest BCUT2D eigenvalue weighted by Crippen LogP contribution is -2.48. The van der Waals surface area contributed by atoms with Crippen molar-refractivity contribution in [3.05, 3.63) is 75.5 Å². The van der Waals surface area contributed by atoms with Gasteiger partial charge < -0.3 is 10.4 Å². The molecular formula is C22H23FN6O3. The molecule has 1 fully saturated rings. The molecule has 1 aromatic carbocycles. The van der Waals surface area contributed by atoms with E-state index >= 15 is 0 Å². The number of aryl methyl sites for hydroxylation is 1. The normalized spacial score (nSPS) is 16.7. The van der Waals surface area contributed by atoms with Gasteiger partial charge in [-0.2, -0.15) is 5.10 Å². The van der Waals surface area contributed by atoms with Crippen molar-refractivity contribution in [1.29, 1.82) is 0 Å². The van der Waals surface area contributed by atoms with E-state index in [4.69, 9.17) is 0 Å². The minimum atomic E-state index is -0.653. The van der Waals surface area contributed by atoms with Crippen molar-refractivity contribution in [2.75, 3.05) is 6.54 Å². The lowest BCUT2D eigenvalue weighted by atomic mass is 10.1. The van der Waals surface area contributed by atoms with E-state index in [-0.39, 0.29) is 18.1 Å². The maximum absolute atomic E-state index is 13.1. The number of nitrogens with one attached hydrogen (secondary N) is 1. The number of benzene rings is 1. The highest BCUT2D eigenvalue weighted by Gasteiger charge is 2.55. The molecule has 1 spiro atoms. The van der Waals surface area contributed by atoms with Gasteiger partial charge in [0.1, 0.15) is 11.6 Å². The Hall–Kier alpha value is -3.53. The molecule has 2 aromatic heterocycles. The number of hydrogen-bond acceptors (Lipinski definition) is 6. The van der Waals surface area contributed by atoms with Crippen LogP contribution in [0.5, 0.6) is 5.75 Å². The highest BCUT2D eigenvalue weighted by molar-refractivity contribution is 5.94. The van der Waals surface area contributed by atoms with Gasteiger partial charge in [-0.1, -0.05) is 12.1 Å². The quantitative estimate of drug-likeness (QED) is 0.621. The van der Waals surface area contributed by atoms with Crippen molar-refractivity contribution in [2.45, 2.75) is 38.0 Å². The Morgan fingerprint density at radius 1 is 1.22 bits per heavy atom. The zero-order valence-corrected chi connectivity index (χ0v) is 17.6. The number of hydrogen-bond donors (Lipinski definition) is 2. The van der Waals surface area contributed by atoms with Gasteiger partial charge in [0, 0.05) is 39.4 Å². The Labute approximate surface area is 183 Å². The van der Waals surface area contributed by atoms with Crippen molar-refractivity contribution in [3.63, 3.8) is 0 Å². The number of aromatic hydroxyl groups is 1. The van der Waals surface area contributed by atoms with E-state index in [2.05, 4.69) is 20.3 Å². The minimum absolute atomic E-state index is 0.121. The smallest absolute Gasteiger partial charge is 0.296 e. The molecule has 2 aliphatic rings. The summed E-state index contributed by atoms with van der Waals surface area (Å²) in [6.45, 7) is 1.74. The van der Waals surface area contributed by atoms with E-state index in [0.717, 1.165) is 18.5 Å². The van der Waals surface area contributed by atoms with Crippen molar-refractivity contribution in [3.8, 4) is 5.75 Å². The number of amides is 1.